The lowest BCUT2D eigenvalue weighted by atomic mass is 10.1. The number of pyridine rings is 2. The third-order valence-corrected chi connectivity index (χ3v) is 10.6. The minimum absolute atomic E-state index is 0.00788. The summed E-state index contributed by atoms with van der Waals surface area (Å²) < 4.78 is 30.1. The first-order valence-corrected chi connectivity index (χ1v) is 22.8. The van der Waals surface area contributed by atoms with Gasteiger partial charge in [-0.25, -0.2) is 28.7 Å². The van der Waals surface area contributed by atoms with Gasteiger partial charge in [0.15, 0.2) is 11.6 Å². The standard InChI is InChI=1S/C24H25FN6O.C23H23FN6O.CH3I/c1-15-11-21(20-9-10-23(22(13-32)27-20)31-12-16(2)26-14-31)28-29-24(15)30(4)17(3)18-5-7-19(25)8-6-18;1-14-10-20(28-29-23(14)26-16(3)17-4-6-18(24)7-5-17)19-8-9-22(21(12-31)27-19)30-11-15(2)25-13-30;1-2/h5-12,14,17,32H,13H2,1-4H3;4-11,13,16,31H,12H2,1-3H3,(H,26,29);1H3/t17-;16-;/m00./s1. The molecule has 0 saturated heterocycles. The fourth-order valence-electron chi connectivity index (χ4n) is 6.98. The van der Waals surface area contributed by atoms with Gasteiger partial charge in [0.2, 0.25) is 0 Å². The first kappa shape index (κ1) is 47.9. The Hall–Kier alpha value is -6.57. The highest BCUT2D eigenvalue weighted by atomic mass is 127. The summed E-state index contributed by atoms with van der Waals surface area (Å²) in [6.07, 6.45) is 7.15. The van der Waals surface area contributed by atoms with Gasteiger partial charge in [0, 0.05) is 19.4 Å². The predicted octanol–water partition coefficient (Wildman–Crippen LogP) is 9.37. The van der Waals surface area contributed by atoms with E-state index in [1.54, 1.807) is 36.9 Å². The minimum Gasteiger partial charge on any atom is -0.390 e. The van der Waals surface area contributed by atoms with Crippen LogP contribution in [0.15, 0.2) is 110 Å². The summed E-state index contributed by atoms with van der Waals surface area (Å²) in [5.41, 5.74) is 10.6. The molecule has 8 aromatic rings. The Morgan fingerprint density at radius 3 is 1.51 bits per heavy atom. The van der Waals surface area contributed by atoms with Crippen molar-refractivity contribution in [1.82, 2.24) is 49.5 Å². The Morgan fingerprint density at radius 2 is 1.08 bits per heavy atom. The highest BCUT2D eigenvalue weighted by molar-refractivity contribution is 14.1. The average Bonchev–Trinajstić information content (AvgIpc) is 3.97. The largest absolute Gasteiger partial charge is 0.390 e. The minimum atomic E-state index is -0.264. The molecule has 6 heterocycles. The quantitative estimate of drug-likeness (QED) is 0.0785. The summed E-state index contributed by atoms with van der Waals surface area (Å²) in [5, 5.41) is 40.5. The monoisotopic (exact) mass is 992 g/mol. The number of aliphatic hydroxyl groups excluding tert-OH is 2. The van der Waals surface area contributed by atoms with Crippen LogP contribution in [0.3, 0.4) is 0 Å². The first-order chi connectivity index (χ1) is 31.3. The van der Waals surface area contributed by atoms with E-state index < -0.39 is 0 Å². The van der Waals surface area contributed by atoms with Crippen molar-refractivity contribution in [2.45, 2.75) is 66.8 Å². The van der Waals surface area contributed by atoms with Crippen molar-refractivity contribution in [1.29, 1.82) is 0 Å². The van der Waals surface area contributed by atoms with Crippen LogP contribution in [0.1, 0.15) is 71.0 Å². The van der Waals surface area contributed by atoms with Gasteiger partial charge in [-0.05, 0) is 129 Å². The number of anilines is 2. The summed E-state index contributed by atoms with van der Waals surface area (Å²) in [6, 6.07) is 24.1. The number of nitrogens with one attached hydrogen (secondary N) is 1. The van der Waals surface area contributed by atoms with Crippen LogP contribution >= 0.6 is 22.6 Å². The summed E-state index contributed by atoms with van der Waals surface area (Å²) in [5.74, 6) is 0.861. The SMILES string of the molecule is CI.Cc1cn(-c2ccc(-c3cc(C)c(N(C)[C@@H](C)c4ccc(F)cc4)nn3)nc2CO)cn1.Cc1cn(-c2ccc(-c3cc(C)c(N[C@@H](C)c4ccc(F)cc4)nn3)nc2CO)cn1. The molecule has 17 heteroatoms. The van der Waals surface area contributed by atoms with Gasteiger partial charge in [-0.2, -0.15) is 0 Å². The van der Waals surface area contributed by atoms with Gasteiger partial charge < -0.3 is 29.6 Å². The van der Waals surface area contributed by atoms with Crippen molar-refractivity contribution in [3.8, 4) is 34.2 Å². The number of hydrogen-bond donors (Lipinski definition) is 3. The normalized spacial score (nSPS) is 11.8. The zero-order chi connectivity index (χ0) is 46.8. The number of imidazole rings is 2. The molecule has 0 unspecified atom stereocenters. The second kappa shape index (κ2) is 21.9. The van der Waals surface area contributed by atoms with Crippen molar-refractivity contribution in [2.75, 3.05) is 22.2 Å². The molecule has 65 heavy (non-hydrogen) atoms. The van der Waals surface area contributed by atoms with E-state index in [1.807, 2.05) is 116 Å². The van der Waals surface area contributed by atoms with Crippen molar-refractivity contribution in [2.24, 2.45) is 0 Å². The molecular formula is C48H51F2IN12O2. The highest BCUT2D eigenvalue weighted by Crippen LogP contribution is 2.29. The molecule has 336 valence electrons. The van der Waals surface area contributed by atoms with Gasteiger partial charge in [-0.1, -0.05) is 46.9 Å². The van der Waals surface area contributed by atoms with Gasteiger partial charge >= 0.3 is 0 Å². The molecule has 0 amide bonds. The van der Waals surface area contributed by atoms with Crippen LogP contribution in [-0.4, -0.2) is 71.7 Å². The van der Waals surface area contributed by atoms with Gasteiger partial charge in [0.1, 0.15) is 23.0 Å². The molecule has 0 radical (unpaired) electrons. The molecule has 2 aromatic carbocycles. The number of aliphatic hydroxyl groups is 2. The maximum Gasteiger partial charge on any atom is 0.154 e. The Labute approximate surface area is 390 Å². The molecule has 3 N–H and O–H groups in total. The maximum atomic E-state index is 13.3. The van der Waals surface area contributed by atoms with E-state index in [-0.39, 0.29) is 36.9 Å². The number of nitrogens with zero attached hydrogens (tertiary/aromatic N) is 11. The van der Waals surface area contributed by atoms with Gasteiger partial charge in [0.05, 0.1) is 83.5 Å². The molecule has 0 fully saturated rings. The molecule has 0 aliphatic rings. The van der Waals surface area contributed by atoms with Crippen molar-refractivity contribution in [3.63, 3.8) is 0 Å². The Kier molecular flexibility index (Phi) is 16.1. The van der Waals surface area contributed by atoms with E-state index >= 15 is 0 Å². The fraction of sp³-hybridized carbons (Fsp3) is 0.250. The topological polar surface area (TPSA) is 169 Å². The number of aryl methyl sites for hydroxylation is 4. The van der Waals surface area contributed by atoms with Crippen LogP contribution in [0.4, 0.5) is 20.4 Å². The highest BCUT2D eigenvalue weighted by Gasteiger charge is 2.19. The molecule has 0 spiro atoms. The van der Waals surface area contributed by atoms with E-state index in [9.17, 15) is 19.0 Å². The second-order valence-corrected chi connectivity index (χ2v) is 15.2. The summed E-state index contributed by atoms with van der Waals surface area (Å²) in [6.45, 7) is 11.3. The van der Waals surface area contributed by atoms with E-state index in [2.05, 4.69) is 68.2 Å². The molecule has 0 aliphatic heterocycles. The van der Waals surface area contributed by atoms with E-state index in [0.29, 0.717) is 40.0 Å². The number of benzene rings is 2. The van der Waals surface area contributed by atoms with Crippen LogP contribution in [0.5, 0.6) is 0 Å². The lowest BCUT2D eigenvalue weighted by Gasteiger charge is -2.27. The molecule has 8 rings (SSSR count). The predicted molar refractivity (Wildman–Crippen MR) is 257 cm³/mol. The molecular weight excluding hydrogens is 942 g/mol. The molecule has 14 nitrogen and oxygen atoms in total. The zero-order valence-corrected chi connectivity index (χ0v) is 39.6. The van der Waals surface area contributed by atoms with Crippen molar-refractivity contribution < 1.29 is 19.0 Å². The van der Waals surface area contributed by atoms with Crippen LogP contribution in [0.25, 0.3) is 34.2 Å². The van der Waals surface area contributed by atoms with Crippen LogP contribution in [-0.2, 0) is 13.2 Å². The Morgan fingerprint density at radius 1 is 0.615 bits per heavy atom. The Balaban J connectivity index is 0.000000208. The third kappa shape index (κ3) is 11.6. The van der Waals surface area contributed by atoms with Crippen molar-refractivity contribution >= 4 is 34.2 Å². The van der Waals surface area contributed by atoms with Gasteiger partial charge in [0.25, 0.3) is 0 Å². The fourth-order valence-corrected chi connectivity index (χ4v) is 6.98. The molecule has 0 saturated carbocycles. The molecule has 0 bridgehead atoms. The van der Waals surface area contributed by atoms with Gasteiger partial charge in [-0.3, -0.25) is 0 Å². The van der Waals surface area contributed by atoms with E-state index in [4.69, 9.17) is 0 Å². The van der Waals surface area contributed by atoms with E-state index in [0.717, 1.165) is 50.8 Å². The average molecular weight is 993 g/mol. The third-order valence-electron chi connectivity index (χ3n) is 10.6. The number of halogens is 3. The molecule has 2 atom stereocenters. The second-order valence-electron chi connectivity index (χ2n) is 15.2. The molecule has 0 aliphatic carbocycles. The summed E-state index contributed by atoms with van der Waals surface area (Å²) in [7, 11) is 1.94. The van der Waals surface area contributed by atoms with Crippen LogP contribution in [0.2, 0.25) is 0 Å². The maximum absolute atomic E-state index is 13.3. The lowest BCUT2D eigenvalue weighted by Crippen LogP contribution is -2.24. The van der Waals surface area contributed by atoms with Crippen molar-refractivity contribution in [3.05, 3.63) is 167 Å². The number of alkyl halides is 1. The Bertz CT molecular complexity index is 2840. The number of rotatable bonds is 12. The summed E-state index contributed by atoms with van der Waals surface area (Å²) in [4.78, 5) is 21.6. The van der Waals surface area contributed by atoms with Gasteiger partial charge in [-0.15, -0.1) is 20.4 Å². The first-order valence-electron chi connectivity index (χ1n) is 20.6. The molecule has 6 aromatic heterocycles. The summed E-state index contributed by atoms with van der Waals surface area (Å²) >= 11 is 2.15. The lowest BCUT2D eigenvalue weighted by molar-refractivity contribution is 0.276. The van der Waals surface area contributed by atoms with Crippen LogP contribution in [0, 0.1) is 39.3 Å². The van der Waals surface area contributed by atoms with E-state index in [1.165, 1.54) is 24.3 Å². The zero-order valence-electron chi connectivity index (χ0n) is 37.4. The number of aromatic nitrogens is 10. The smallest absolute Gasteiger partial charge is 0.154 e. The van der Waals surface area contributed by atoms with Crippen LogP contribution < -0.4 is 10.2 Å². The number of hydrogen-bond acceptors (Lipinski definition) is 12.